The summed E-state index contributed by atoms with van der Waals surface area (Å²) in [5.41, 5.74) is 0.189. The predicted octanol–water partition coefficient (Wildman–Crippen LogP) is 2.77. The summed E-state index contributed by atoms with van der Waals surface area (Å²) in [5.74, 6) is -0.196. The van der Waals surface area contributed by atoms with Crippen molar-refractivity contribution in [3.05, 3.63) is 17.4 Å². The van der Waals surface area contributed by atoms with E-state index < -0.39 is 5.82 Å². The number of halogens is 1. The Balaban J connectivity index is 3.56. The molecule has 0 spiro atoms. The number of benzene rings is 1. The Morgan fingerprint density at radius 1 is 1.31 bits per heavy atom. The lowest BCUT2D eigenvalue weighted by Gasteiger charge is -2.14. The Kier molecular flexibility index (Phi) is 4.18. The predicted molar refractivity (Wildman–Crippen MR) is 61.3 cm³/mol. The summed E-state index contributed by atoms with van der Waals surface area (Å²) in [4.78, 5) is 11.7. The number of carbonyl (C=O) groups excluding carboxylic acids is 1. The third-order valence-corrected chi connectivity index (χ3v) is 2.93. The van der Waals surface area contributed by atoms with Gasteiger partial charge in [0.05, 0.1) is 24.7 Å². The van der Waals surface area contributed by atoms with Crippen molar-refractivity contribution in [2.24, 2.45) is 0 Å². The Bertz CT molecular complexity index is 418. The smallest absolute Gasteiger partial charge is 0.178 e. The zero-order valence-electron chi connectivity index (χ0n) is 9.59. The molecule has 16 heavy (non-hydrogen) atoms. The second kappa shape index (κ2) is 5.21. The number of Topliss-reactive ketones (excluding diaryl/α,β-unsaturated/α-hetero) is 1. The molecule has 0 aliphatic carbocycles. The molecule has 1 rings (SSSR count). The number of rotatable bonds is 4. The van der Waals surface area contributed by atoms with Crippen molar-refractivity contribution in [1.29, 1.82) is 0 Å². The fraction of sp³-hybridized carbons (Fsp3) is 0.364. The van der Waals surface area contributed by atoms with E-state index in [9.17, 15) is 9.18 Å². The molecule has 1 aromatic rings. The van der Waals surface area contributed by atoms with Gasteiger partial charge in [-0.25, -0.2) is 4.39 Å². The maximum absolute atomic E-state index is 13.7. The molecule has 0 saturated carbocycles. The first-order chi connectivity index (χ1) is 7.56. The van der Waals surface area contributed by atoms with E-state index in [4.69, 9.17) is 9.47 Å². The molecule has 5 heteroatoms. The highest BCUT2D eigenvalue weighted by molar-refractivity contribution is 7.98. The maximum atomic E-state index is 13.7. The van der Waals surface area contributed by atoms with E-state index >= 15 is 0 Å². The standard InChI is InChI=1S/C11H13FO3S/c1-6(13)7-5-8(12)11(16-4)10(15-3)9(7)14-2/h5H,1-4H3. The highest BCUT2D eigenvalue weighted by Crippen LogP contribution is 2.41. The molecule has 0 aliphatic heterocycles. The Morgan fingerprint density at radius 2 is 1.88 bits per heavy atom. The van der Waals surface area contributed by atoms with Crippen LogP contribution in [-0.4, -0.2) is 26.3 Å². The summed E-state index contributed by atoms with van der Waals surface area (Å²) >= 11 is 1.21. The van der Waals surface area contributed by atoms with Crippen molar-refractivity contribution in [3.63, 3.8) is 0 Å². The molecule has 0 atom stereocenters. The third-order valence-electron chi connectivity index (χ3n) is 2.14. The van der Waals surface area contributed by atoms with Gasteiger partial charge in [0.1, 0.15) is 5.82 Å². The van der Waals surface area contributed by atoms with E-state index in [1.165, 1.54) is 39.0 Å². The molecule has 0 radical (unpaired) electrons. The van der Waals surface area contributed by atoms with E-state index in [2.05, 4.69) is 0 Å². The van der Waals surface area contributed by atoms with Gasteiger partial charge in [-0.05, 0) is 19.2 Å². The first-order valence-electron chi connectivity index (χ1n) is 4.56. The summed E-state index contributed by atoms with van der Waals surface area (Å²) in [6, 6.07) is 1.18. The monoisotopic (exact) mass is 244 g/mol. The first kappa shape index (κ1) is 12.8. The summed E-state index contributed by atoms with van der Waals surface area (Å²) < 4.78 is 23.9. The number of carbonyl (C=O) groups is 1. The van der Waals surface area contributed by atoms with Gasteiger partial charge in [0, 0.05) is 0 Å². The van der Waals surface area contributed by atoms with Gasteiger partial charge in [0.2, 0.25) is 0 Å². The molecule has 0 fully saturated rings. The molecule has 0 N–H and O–H groups in total. The number of hydrogen-bond acceptors (Lipinski definition) is 4. The van der Waals surface area contributed by atoms with Crippen molar-refractivity contribution in [2.45, 2.75) is 11.8 Å². The molecule has 1 aromatic carbocycles. The van der Waals surface area contributed by atoms with Crippen LogP contribution in [0.2, 0.25) is 0 Å². The lowest BCUT2D eigenvalue weighted by atomic mass is 10.1. The average Bonchev–Trinajstić information content (AvgIpc) is 2.27. The molecule has 0 saturated heterocycles. The normalized spacial score (nSPS) is 10.1. The van der Waals surface area contributed by atoms with E-state index in [1.54, 1.807) is 6.26 Å². The summed E-state index contributed by atoms with van der Waals surface area (Å²) in [6.07, 6.45) is 1.73. The van der Waals surface area contributed by atoms with E-state index in [0.29, 0.717) is 4.90 Å². The van der Waals surface area contributed by atoms with Crippen molar-refractivity contribution in [1.82, 2.24) is 0 Å². The van der Waals surface area contributed by atoms with Gasteiger partial charge in [-0.1, -0.05) is 0 Å². The molecule has 0 aromatic heterocycles. The van der Waals surface area contributed by atoms with Crippen LogP contribution >= 0.6 is 11.8 Å². The zero-order chi connectivity index (χ0) is 12.3. The SMILES string of the molecule is COc1c(C(C)=O)cc(F)c(SC)c1OC. The quantitative estimate of drug-likeness (QED) is 0.602. The molecular weight excluding hydrogens is 231 g/mol. The van der Waals surface area contributed by atoms with Gasteiger partial charge in [-0.2, -0.15) is 0 Å². The van der Waals surface area contributed by atoms with Gasteiger partial charge in [0.25, 0.3) is 0 Å². The number of ketones is 1. The minimum absolute atomic E-state index is 0.189. The minimum Gasteiger partial charge on any atom is -0.492 e. The molecular formula is C11H13FO3S. The van der Waals surface area contributed by atoms with Crippen LogP contribution in [0.1, 0.15) is 17.3 Å². The van der Waals surface area contributed by atoms with Gasteiger partial charge in [0.15, 0.2) is 17.3 Å². The van der Waals surface area contributed by atoms with E-state index in [1.807, 2.05) is 0 Å². The van der Waals surface area contributed by atoms with Crippen molar-refractivity contribution < 1.29 is 18.7 Å². The van der Waals surface area contributed by atoms with Crippen LogP contribution in [0.25, 0.3) is 0 Å². The molecule has 0 bridgehead atoms. The summed E-state index contributed by atoms with van der Waals surface area (Å²) in [7, 11) is 2.84. The van der Waals surface area contributed by atoms with E-state index in [-0.39, 0.29) is 22.8 Å². The highest BCUT2D eigenvalue weighted by atomic mass is 32.2. The lowest BCUT2D eigenvalue weighted by molar-refractivity contribution is 0.101. The van der Waals surface area contributed by atoms with Gasteiger partial charge in [-0.15, -0.1) is 11.8 Å². The minimum atomic E-state index is -0.477. The summed E-state index contributed by atoms with van der Waals surface area (Å²) in [6.45, 7) is 1.36. The van der Waals surface area contributed by atoms with Crippen LogP contribution in [-0.2, 0) is 0 Å². The van der Waals surface area contributed by atoms with Crippen molar-refractivity contribution in [2.75, 3.05) is 20.5 Å². The van der Waals surface area contributed by atoms with Crippen LogP contribution in [0.3, 0.4) is 0 Å². The van der Waals surface area contributed by atoms with Crippen LogP contribution in [0, 0.1) is 5.82 Å². The van der Waals surface area contributed by atoms with Gasteiger partial charge in [-0.3, -0.25) is 4.79 Å². The Labute approximate surface area is 97.9 Å². The molecule has 0 amide bonds. The molecule has 3 nitrogen and oxygen atoms in total. The number of thioether (sulfide) groups is 1. The highest BCUT2D eigenvalue weighted by Gasteiger charge is 2.21. The number of methoxy groups -OCH3 is 2. The van der Waals surface area contributed by atoms with Gasteiger partial charge < -0.3 is 9.47 Å². The van der Waals surface area contributed by atoms with Crippen LogP contribution in [0.4, 0.5) is 4.39 Å². The van der Waals surface area contributed by atoms with Crippen LogP contribution in [0.5, 0.6) is 11.5 Å². The van der Waals surface area contributed by atoms with Crippen molar-refractivity contribution in [3.8, 4) is 11.5 Å². The van der Waals surface area contributed by atoms with E-state index in [0.717, 1.165) is 0 Å². The van der Waals surface area contributed by atoms with Crippen molar-refractivity contribution >= 4 is 17.5 Å². The fourth-order valence-electron chi connectivity index (χ4n) is 1.43. The summed E-state index contributed by atoms with van der Waals surface area (Å²) in [5, 5.41) is 0. The second-order valence-corrected chi connectivity index (χ2v) is 3.88. The molecule has 0 aliphatic rings. The Hall–Kier alpha value is -1.23. The fourth-order valence-corrected chi connectivity index (χ4v) is 2.05. The second-order valence-electron chi connectivity index (χ2n) is 3.06. The number of hydrogen-bond donors (Lipinski definition) is 0. The molecule has 0 unspecified atom stereocenters. The van der Waals surface area contributed by atoms with Crippen LogP contribution in [0.15, 0.2) is 11.0 Å². The number of ether oxygens (including phenoxy) is 2. The lowest BCUT2D eigenvalue weighted by Crippen LogP contribution is -2.03. The first-order valence-corrected chi connectivity index (χ1v) is 5.78. The largest absolute Gasteiger partial charge is 0.492 e. The Morgan fingerprint density at radius 3 is 2.25 bits per heavy atom. The molecule has 88 valence electrons. The van der Waals surface area contributed by atoms with Gasteiger partial charge >= 0.3 is 0 Å². The van der Waals surface area contributed by atoms with Crippen LogP contribution < -0.4 is 9.47 Å². The zero-order valence-corrected chi connectivity index (χ0v) is 10.4. The molecule has 0 heterocycles. The third kappa shape index (κ3) is 2.14. The maximum Gasteiger partial charge on any atom is 0.178 e. The average molecular weight is 244 g/mol. The topological polar surface area (TPSA) is 35.5 Å².